The lowest BCUT2D eigenvalue weighted by atomic mass is 10.0. The van der Waals surface area contributed by atoms with E-state index >= 15 is 0 Å². The number of nitrogens with zero attached hydrogens (tertiary/aromatic N) is 2. The molecule has 3 aromatic rings. The molecule has 0 saturated carbocycles. The molecule has 0 aliphatic carbocycles. The summed E-state index contributed by atoms with van der Waals surface area (Å²) in [5.41, 5.74) is 1.62. The highest BCUT2D eigenvalue weighted by molar-refractivity contribution is 9.10. The predicted octanol–water partition coefficient (Wildman–Crippen LogP) is 4.15. The van der Waals surface area contributed by atoms with E-state index in [9.17, 15) is 22.8 Å². The molecule has 0 spiro atoms. The van der Waals surface area contributed by atoms with Crippen molar-refractivity contribution >= 4 is 43.7 Å². The normalized spacial score (nSPS) is 14.5. The number of amides is 3. The van der Waals surface area contributed by atoms with Crippen LogP contribution in [0, 0.1) is 0 Å². The highest BCUT2D eigenvalue weighted by Crippen LogP contribution is 2.30. The van der Waals surface area contributed by atoms with E-state index in [1.807, 2.05) is 61.5 Å². The van der Waals surface area contributed by atoms with Crippen molar-refractivity contribution in [3.05, 3.63) is 100 Å². The van der Waals surface area contributed by atoms with Gasteiger partial charge in [-0.3, -0.25) is 14.4 Å². The Bertz CT molecular complexity index is 1460. The highest BCUT2D eigenvalue weighted by Gasteiger charge is 2.43. The number of unbranched alkanes of at least 4 members (excludes halogenated alkanes) is 1. The lowest BCUT2D eigenvalue weighted by molar-refractivity contribution is -0.141. The first-order chi connectivity index (χ1) is 18.7. The number of sulfonamides is 1. The van der Waals surface area contributed by atoms with E-state index in [0.717, 1.165) is 28.4 Å². The first-order valence-corrected chi connectivity index (χ1v) is 15.0. The topological polar surface area (TPSA) is 104 Å². The second-order valence-electron chi connectivity index (χ2n) is 9.31. The minimum atomic E-state index is -4.20. The fourth-order valence-electron chi connectivity index (χ4n) is 4.49. The van der Waals surface area contributed by atoms with Crippen molar-refractivity contribution in [1.29, 1.82) is 0 Å². The first kappa shape index (κ1) is 28.5. The Labute approximate surface area is 237 Å². The average molecular weight is 613 g/mol. The van der Waals surface area contributed by atoms with Crippen LogP contribution in [0.2, 0.25) is 0 Å². The van der Waals surface area contributed by atoms with Crippen LogP contribution >= 0.6 is 15.9 Å². The van der Waals surface area contributed by atoms with Crippen LogP contribution in [-0.2, 0) is 32.6 Å². The maximum atomic E-state index is 13.9. The van der Waals surface area contributed by atoms with E-state index in [1.54, 1.807) is 6.07 Å². The summed E-state index contributed by atoms with van der Waals surface area (Å²) in [6.07, 6.45) is 1.89. The molecule has 4 rings (SSSR count). The third kappa shape index (κ3) is 6.57. The quantitative estimate of drug-likeness (QED) is 0.328. The minimum Gasteiger partial charge on any atom is -0.354 e. The van der Waals surface area contributed by atoms with Gasteiger partial charge in [0, 0.05) is 24.0 Å². The second-order valence-corrected chi connectivity index (χ2v) is 12.1. The van der Waals surface area contributed by atoms with Gasteiger partial charge in [-0.1, -0.05) is 83.9 Å². The van der Waals surface area contributed by atoms with Crippen LogP contribution in [0.3, 0.4) is 0 Å². The molecule has 0 fully saturated rings. The maximum Gasteiger partial charge on any atom is 0.269 e. The summed E-state index contributed by atoms with van der Waals surface area (Å²) in [6, 6.07) is 21.6. The third-order valence-electron chi connectivity index (χ3n) is 6.53. The van der Waals surface area contributed by atoms with Gasteiger partial charge in [-0.25, -0.2) is 12.7 Å². The number of carbonyl (C=O) groups is 3. The van der Waals surface area contributed by atoms with Gasteiger partial charge in [0.15, 0.2) is 0 Å². The van der Waals surface area contributed by atoms with Crippen LogP contribution < -0.4 is 5.32 Å². The van der Waals surface area contributed by atoms with E-state index < -0.39 is 34.4 Å². The Balaban J connectivity index is 1.70. The monoisotopic (exact) mass is 611 g/mol. The molecule has 1 atom stereocenters. The third-order valence-corrected chi connectivity index (χ3v) is 8.81. The molecule has 1 aliphatic rings. The zero-order chi connectivity index (χ0) is 28.0. The van der Waals surface area contributed by atoms with Gasteiger partial charge in [0.05, 0.1) is 5.56 Å². The van der Waals surface area contributed by atoms with Gasteiger partial charge in [0.2, 0.25) is 11.8 Å². The van der Waals surface area contributed by atoms with Crippen LogP contribution in [0.25, 0.3) is 0 Å². The zero-order valence-electron chi connectivity index (χ0n) is 21.5. The Morgan fingerprint density at radius 1 is 0.974 bits per heavy atom. The van der Waals surface area contributed by atoms with Gasteiger partial charge >= 0.3 is 0 Å². The van der Waals surface area contributed by atoms with Crippen molar-refractivity contribution in [2.45, 2.75) is 43.7 Å². The standard InChI is InChI=1S/C29H30BrN3O5S/c1-2-3-16-31-28(35)25(18-21-10-5-4-6-11-21)32(19-22-12-9-13-23(30)17-22)27(34)20-33-29(36)24-14-7-8-15-26(24)39(33,37)38/h4-15,17,25H,2-3,16,18-20H2,1H3,(H,31,35)/t25-/m1/s1. The highest BCUT2D eigenvalue weighted by atomic mass is 79.9. The summed E-state index contributed by atoms with van der Waals surface area (Å²) in [5.74, 6) is -1.74. The summed E-state index contributed by atoms with van der Waals surface area (Å²) < 4.78 is 27.7. The molecule has 0 unspecified atom stereocenters. The number of fused-ring (bicyclic) bond motifs is 1. The maximum absolute atomic E-state index is 13.9. The van der Waals surface area contributed by atoms with Gasteiger partial charge in [0.25, 0.3) is 15.9 Å². The lowest BCUT2D eigenvalue weighted by Gasteiger charge is -2.32. The SMILES string of the molecule is CCCCNC(=O)[C@@H](Cc1ccccc1)N(Cc1cccc(Br)c1)C(=O)CN1C(=O)c2ccccc2S1(=O)=O. The molecule has 1 heterocycles. The number of halogens is 1. The molecule has 0 aromatic heterocycles. The molecule has 0 bridgehead atoms. The summed E-state index contributed by atoms with van der Waals surface area (Å²) in [6.45, 7) is 1.80. The molecular formula is C29H30BrN3O5S. The molecule has 1 N–H and O–H groups in total. The van der Waals surface area contributed by atoms with Crippen LogP contribution in [0.5, 0.6) is 0 Å². The predicted molar refractivity (Wildman–Crippen MR) is 151 cm³/mol. The summed E-state index contributed by atoms with van der Waals surface area (Å²) in [7, 11) is -4.20. The fraction of sp³-hybridized carbons (Fsp3) is 0.276. The van der Waals surface area contributed by atoms with E-state index in [1.165, 1.54) is 23.1 Å². The second kappa shape index (κ2) is 12.6. The molecule has 1 aliphatic heterocycles. The number of benzene rings is 3. The van der Waals surface area contributed by atoms with Gasteiger partial charge in [-0.15, -0.1) is 0 Å². The van der Waals surface area contributed by atoms with Gasteiger partial charge in [0.1, 0.15) is 17.5 Å². The summed E-state index contributed by atoms with van der Waals surface area (Å²) >= 11 is 3.45. The molecular weight excluding hydrogens is 582 g/mol. The van der Waals surface area contributed by atoms with Gasteiger partial charge in [-0.05, 0) is 41.8 Å². The Morgan fingerprint density at radius 2 is 1.67 bits per heavy atom. The van der Waals surface area contributed by atoms with E-state index in [2.05, 4.69) is 21.2 Å². The number of nitrogens with one attached hydrogen (secondary N) is 1. The van der Waals surface area contributed by atoms with Crippen molar-refractivity contribution in [3.8, 4) is 0 Å². The largest absolute Gasteiger partial charge is 0.354 e. The Kier molecular flexibility index (Phi) is 9.19. The van der Waals surface area contributed by atoms with Crippen LogP contribution in [0.1, 0.15) is 41.3 Å². The molecule has 3 amide bonds. The molecule has 10 heteroatoms. The Hall–Kier alpha value is -3.50. The zero-order valence-corrected chi connectivity index (χ0v) is 23.9. The summed E-state index contributed by atoms with van der Waals surface area (Å²) in [5, 5.41) is 2.93. The fourth-order valence-corrected chi connectivity index (χ4v) is 6.46. The van der Waals surface area contributed by atoms with E-state index in [4.69, 9.17) is 0 Å². The number of hydrogen-bond acceptors (Lipinski definition) is 5. The van der Waals surface area contributed by atoms with Gasteiger partial charge in [-0.2, -0.15) is 0 Å². The van der Waals surface area contributed by atoms with Crippen LogP contribution in [0.4, 0.5) is 0 Å². The number of rotatable bonds is 11. The van der Waals surface area contributed by atoms with Crippen molar-refractivity contribution in [3.63, 3.8) is 0 Å². The lowest BCUT2D eigenvalue weighted by Crippen LogP contribution is -2.53. The van der Waals surface area contributed by atoms with Gasteiger partial charge < -0.3 is 10.2 Å². The number of carbonyl (C=O) groups excluding carboxylic acids is 3. The first-order valence-electron chi connectivity index (χ1n) is 12.7. The molecule has 0 radical (unpaired) electrons. The molecule has 0 saturated heterocycles. The summed E-state index contributed by atoms with van der Waals surface area (Å²) in [4.78, 5) is 41.7. The van der Waals surface area contributed by atoms with Crippen LogP contribution in [0.15, 0.2) is 88.2 Å². The van der Waals surface area contributed by atoms with Crippen molar-refractivity contribution in [2.75, 3.05) is 13.1 Å². The van der Waals surface area contributed by atoms with Crippen molar-refractivity contribution in [2.24, 2.45) is 0 Å². The van der Waals surface area contributed by atoms with Crippen molar-refractivity contribution < 1.29 is 22.8 Å². The molecule has 8 nitrogen and oxygen atoms in total. The Morgan fingerprint density at radius 3 is 2.36 bits per heavy atom. The smallest absolute Gasteiger partial charge is 0.269 e. The van der Waals surface area contributed by atoms with Crippen molar-refractivity contribution in [1.82, 2.24) is 14.5 Å². The van der Waals surface area contributed by atoms with E-state index in [0.29, 0.717) is 10.8 Å². The minimum absolute atomic E-state index is 0.0296. The molecule has 204 valence electrons. The van der Waals surface area contributed by atoms with Crippen LogP contribution in [-0.4, -0.2) is 54.5 Å². The van der Waals surface area contributed by atoms with E-state index in [-0.39, 0.29) is 29.3 Å². The average Bonchev–Trinajstić information content (AvgIpc) is 3.12. The molecule has 3 aromatic carbocycles. The molecule has 39 heavy (non-hydrogen) atoms. The number of hydrogen-bond donors (Lipinski definition) is 1.